The predicted octanol–water partition coefficient (Wildman–Crippen LogP) is 5.94. The van der Waals surface area contributed by atoms with Crippen LogP contribution in [0.1, 0.15) is 25.0 Å². The van der Waals surface area contributed by atoms with E-state index in [2.05, 4.69) is 13.5 Å². The molecular weight excluding hydrogens is 266 g/mol. The predicted molar refractivity (Wildman–Crippen MR) is 85.1 cm³/mol. The summed E-state index contributed by atoms with van der Waals surface area (Å²) in [7, 11) is 0. The van der Waals surface area contributed by atoms with Crippen LogP contribution in [0.5, 0.6) is 0 Å². The second-order valence-corrected chi connectivity index (χ2v) is 4.85. The Morgan fingerprint density at radius 3 is 2.19 bits per heavy atom. The normalized spacial score (nSPS) is 11.5. The lowest BCUT2D eigenvalue weighted by atomic mass is 9.98. The summed E-state index contributed by atoms with van der Waals surface area (Å²) in [5, 5.41) is 0. The summed E-state index contributed by atoms with van der Waals surface area (Å²) in [6, 6.07) is 12.8. The molecule has 0 heterocycles. The van der Waals surface area contributed by atoms with E-state index in [1.165, 1.54) is 17.7 Å². The molecule has 2 aromatic carbocycles. The molecule has 0 unspecified atom stereocenters. The van der Waals surface area contributed by atoms with Crippen molar-refractivity contribution in [3.05, 3.63) is 77.9 Å². The third-order valence-electron chi connectivity index (χ3n) is 3.54. The molecule has 0 N–H and O–H groups in total. The maximum atomic E-state index is 14.2. The van der Waals surface area contributed by atoms with Crippen LogP contribution in [0.15, 0.2) is 60.9 Å². The van der Waals surface area contributed by atoms with Gasteiger partial charge in [0, 0.05) is 11.1 Å². The van der Waals surface area contributed by atoms with Crippen molar-refractivity contribution in [3.63, 3.8) is 0 Å². The maximum absolute atomic E-state index is 14.2. The molecule has 0 aliphatic heterocycles. The Hall–Kier alpha value is -2.22. The fraction of sp³-hybridized carbons (Fsp3) is 0.158. The molecule has 21 heavy (non-hydrogen) atoms. The van der Waals surface area contributed by atoms with Crippen LogP contribution in [0.4, 0.5) is 8.78 Å². The molecule has 2 heteroatoms. The largest absolute Gasteiger partial charge is 0.207 e. The number of hydrogen-bond acceptors (Lipinski definition) is 0. The summed E-state index contributed by atoms with van der Waals surface area (Å²) < 4.78 is 27.5. The molecule has 0 aromatic heterocycles. The zero-order valence-corrected chi connectivity index (χ0v) is 12.3. The Bertz CT molecular complexity index is 679. The van der Waals surface area contributed by atoms with Crippen LogP contribution in [-0.2, 0) is 6.42 Å². The first-order valence-electron chi connectivity index (χ1n) is 6.97. The van der Waals surface area contributed by atoms with Gasteiger partial charge in [0.05, 0.1) is 0 Å². The van der Waals surface area contributed by atoms with Crippen molar-refractivity contribution < 1.29 is 8.78 Å². The molecule has 0 radical (unpaired) electrons. The van der Waals surface area contributed by atoms with Crippen molar-refractivity contribution in [2.45, 2.75) is 20.3 Å². The standard InChI is InChI=1S/C19H18F2/c1-4-14-6-8-15(9-7-14)16-10-11-18(19(21)12-16)17(5-2)13(3)20/h5-12H,3-4H2,1-2H3. The van der Waals surface area contributed by atoms with Crippen molar-refractivity contribution >= 4 is 5.57 Å². The number of rotatable bonds is 4. The number of aryl methyl sites for hydroxylation is 1. The number of hydrogen-bond donors (Lipinski definition) is 0. The number of benzene rings is 2. The third kappa shape index (κ3) is 3.27. The highest BCUT2D eigenvalue weighted by Crippen LogP contribution is 2.29. The zero-order chi connectivity index (χ0) is 15.4. The second-order valence-electron chi connectivity index (χ2n) is 4.85. The average Bonchev–Trinajstić information content (AvgIpc) is 2.49. The lowest BCUT2D eigenvalue weighted by Gasteiger charge is -2.09. The van der Waals surface area contributed by atoms with E-state index in [1.54, 1.807) is 19.1 Å². The second kappa shape index (κ2) is 6.49. The van der Waals surface area contributed by atoms with E-state index in [0.29, 0.717) is 0 Å². The van der Waals surface area contributed by atoms with Crippen molar-refractivity contribution in [3.8, 4) is 11.1 Å². The van der Waals surface area contributed by atoms with Gasteiger partial charge in [-0.15, -0.1) is 0 Å². The van der Waals surface area contributed by atoms with Gasteiger partial charge in [-0.3, -0.25) is 0 Å². The molecule has 2 rings (SSSR count). The van der Waals surface area contributed by atoms with Gasteiger partial charge in [0.25, 0.3) is 0 Å². The third-order valence-corrected chi connectivity index (χ3v) is 3.54. The molecule has 0 atom stereocenters. The molecule has 0 bridgehead atoms. The molecule has 0 amide bonds. The molecule has 108 valence electrons. The van der Waals surface area contributed by atoms with Gasteiger partial charge in [-0.2, -0.15) is 0 Å². The van der Waals surface area contributed by atoms with Crippen LogP contribution in [0.3, 0.4) is 0 Å². The first-order valence-corrected chi connectivity index (χ1v) is 6.97. The van der Waals surface area contributed by atoms with Crippen molar-refractivity contribution in [2.24, 2.45) is 0 Å². The van der Waals surface area contributed by atoms with Gasteiger partial charge in [-0.25, -0.2) is 8.78 Å². The van der Waals surface area contributed by atoms with Gasteiger partial charge >= 0.3 is 0 Å². The van der Waals surface area contributed by atoms with Crippen LogP contribution in [0.25, 0.3) is 16.7 Å². The van der Waals surface area contributed by atoms with Gasteiger partial charge < -0.3 is 0 Å². The summed E-state index contributed by atoms with van der Waals surface area (Å²) in [6.45, 7) is 6.99. The molecule has 0 nitrogen and oxygen atoms in total. The van der Waals surface area contributed by atoms with E-state index < -0.39 is 11.6 Å². The zero-order valence-electron chi connectivity index (χ0n) is 12.3. The highest BCUT2D eigenvalue weighted by Gasteiger charge is 2.11. The Balaban J connectivity index is 2.40. The lowest BCUT2D eigenvalue weighted by molar-refractivity contribution is 0.620. The van der Waals surface area contributed by atoms with E-state index in [9.17, 15) is 8.78 Å². The van der Waals surface area contributed by atoms with E-state index in [-0.39, 0.29) is 11.1 Å². The van der Waals surface area contributed by atoms with Crippen LogP contribution in [0, 0.1) is 5.82 Å². The Labute approximate surface area is 124 Å². The molecule has 2 aromatic rings. The summed E-state index contributed by atoms with van der Waals surface area (Å²) in [5.74, 6) is -1.07. The van der Waals surface area contributed by atoms with E-state index in [0.717, 1.165) is 17.5 Å². The number of halogens is 2. The fourth-order valence-electron chi connectivity index (χ4n) is 2.30. The monoisotopic (exact) mass is 284 g/mol. The van der Waals surface area contributed by atoms with Crippen molar-refractivity contribution in [1.29, 1.82) is 0 Å². The minimum absolute atomic E-state index is 0.195. The molecule has 0 saturated carbocycles. The van der Waals surface area contributed by atoms with Crippen LogP contribution in [0.2, 0.25) is 0 Å². The van der Waals surface area contributed by atoms with Gasteiger partial charge in [-0.1, -0.05) is 56.0 Å². The van der Waals surface area contributed by atoms with E-state index in [1.807, 2.05) is 24.3 Å². The first kappa shape index (κ1) is 15.2. The Morgan fingerprint density at radius 2 is 1.71 bits per heavy atom. The Kier molecular flexibility index (Phi) is 4.69. The highest BCUT2D eigenvalue weighted by atomic mass is 19.1. The molecular formula is C19H18F2. The minimum Gasteiger partial charge on any atom is -0.207 e. The average molecular weight is 284 g/mol. The van der Waals surface area contributed by atoms with Gasteiger partial charge in [0.2, 0.25) is 0 Å². The quantitative estimate of drug-likeness (QED) is 0.609. The molecule has 0 aliphatic rings. The maximum Gasteiger partial charge on any atom is 0.131 e. The minimum atomic E-state index is -0.628. The molecule has 0 aliphatic carbocycles. The molecule has 0 fully saturated rings. The highest BCUT2D eigenvalue weighted by molar-refractivity contribution is 5.78. The summed E-state index contributed by atoms with van der Waals surface area (Å²) in [4.78, 5) is 0. The summed E-state index contributed by atoms with van der Waals surface area (Å²) in [5.41, 5.74) is 3.39. The fourth-order valence-corrected chi connectivity index (χ4v) is 2.30. The van der Waals surface area contributed by atoms with Gasteiger partial charge in [0.1, 0.15) is 11.6 Å². The topological polar surface area (TPSA) is 0 Å². The van der Waals surface area contributed by atoms with E-state index in [4.69, 9.17) is 0 Å². The number of allylic oxidation sites excluding steroid dienone is 3. The van der Waals surface area contributed by atoms with Crippen molar-refractivity contribution in [2.75, 3.05) is 0 Å². The SMILES string of the molecule is C=C(F)C(=CC)c1ccc(-c2ccc(CC)cc2)cc1F. The van der Waals surface area contributed by atoms with Gasteiger partial charge in [0.15, 0.2) is 0 Å². The smallest absolute Gasteiger partial charge is 0.131 e. The van der Waals surface area contributed by atoms with E-state index >= 15 is 0 Å². The summed E-state index contributed by atoms with van der Waals surface area (Å²) >= 11 is 0. The molecule has 0 spiro atoms. The van der Waals surface area contributed by atoms with Crippen LogP contribution in [-0.4, -0.2) is 0 Å². The first-order chi connectivity index (χ1) is 10.1. The summed E-state index contributed by atoms with van der Waals surface area (Å²) in [6.07, 6.45) is 2.49. The Morgan fingerprint density at radius 1 is 1.10 bits per heavy atom. The molecule has 0 saturated heterocycles. The van der Waals surface area contributed by atoms with Crippen LogP contribution >= 0.6 is 0 Å². The van der Waals surface area contributed by atoms with Crippen LogP contribution < -0.4 is 0 Å². The van der Waals surface area contributed by atoms with Crippen molar-refractivity contribution in [1.82, 2.24) is 0 Å². The lowest BCUT2D eigenvalue weighted by Crippen LogP contribution is -1.91. The van der Waals surface area contributed by atoms with Gasteiger partial charge in [-0.05, 0) is 36.1 Å².